The minimum Gasteiger partial charge on any atom is -0.454 e. The Hall–Kier alpha value is -1.26. The maximum Gasteiger partial charge on any atom is 0.231 e. The van der Waals surface area contributed by atoms with Gasteiger partial charge in [-0.25, -0.2) is 0 Å². The molecule has 0 saturated carbocycles. The molecular formula is C16H22N2O2. The lowest BCUT2D eigenvalue weighted by Gasteiger charge is -2.43. The molecule has 20 heavy (non-hydrogen) atoms. The first kappa shape index (κ1) is 12.5. The summed E-state index contributed by atoms with van der Waals surface area (Å²) in [7, 11) is 0. The first-order chi connectivity index (χ1) is 9.81. The van der Waals surface area contributed by atoms with Crippen molar-refractivity contribution in [3.63, 3.8) is 0 Å². The van der Waals surface area contributed by atoms with Crippen LogP contribution in [0.3, 0.4) is 0 Å². The number of hydrogen-bond acceptors (Lipinski definition) is 4. The largest absolute Gasteiger partial charge is 0.454 e. The highest BCUT2D eigenvalue weighted by atomic mass is 16.7. The van der Waals surface area contributed by atoms with E-state index in [1.54, 1.807) is 0 Å². The normalized spacial score (nSPS) is 29.6. The number of benzene rings is 1. The van der Waals surface area contributed by atoms with Gasteiger partial charge in [-0.15, -0.1) is 0 Å². The SMILES string of the molecule is C[C@H]1[C@@H]2CCCN2CCN1Cc1ccc2c(c1)OCO2. The third-order valence-corrected chi connectivity index (χ3v) is 5.04. The van der Waals surface area contributed by atoms with E-state index in [2.05, 4.69) is 28.9 Å². The predicted octanol–water partition coefficient (Wildman–Crippen LogP) is 2.08. The van der Waals surface area contributed by atoms with E-state index in [1.165, 1.54) is 38.0 Å². The Morgan fingerprint density at radius 1 is 1.15 bits per heavy atom. The minimum absolute atomic E-state index is 0.357. The van der Waals surface area contributed by atoms with Crippen molar-refractivity contribution in [1.82, 2.24) is 9.80 Å². The van der Waals surface area contributed by atoms with E-state index in [0.29, 0.717) is 12.8 Å². The second-order valence-electron chi connectivity index (χ2n) is 6.14. The number of rotatable bonds is 2. The Bertz CT molecular complexity index is 505. The van der Waals surface area contributed by atoms with Crippen LogP contribution >= 0.6 is 0 Å². The van der Waals surface area contributed by atoms with Gasteiger partial charge >= 0.3 is 0 Å². The summed E-state index contributed by atoms with van der Waals surface area (Å²) in [6, 6.07) is 7.75. The summed E-state index contributed by atoms with van der Waals surface area (Å²) in [5.41, 5.74) is 1.33. The molecule has 2 atom stereocenters. The van der Waals surface area contributed by atoms with Crippen molar-refractivity contribution < 1.29 is 9.47 Å². The smallest absolute Gasteiger partial charge is 0.231 e. The lowest BCUT2D eigenvalue weighted by molar-refractivity contribution is 0.0470. The lowest BCUT2D eigenvalue weighted by Crippen LogP contribution is -2.55. The number of hydrogen-bond donors (Lipinski definition) is 0. The Kier molecular flexibility index (Phi) is 3.08. The van der Waals surface area contributed by atoms with E-state index in [0.717, 1.165) is 24.1 Å². The second kappa shape index (κ2) is 4.93. The van der Waals surface area contributed by atoms with Crippen LogP contribution in [0.2, 0.25) is 0 Å². The highest BCUT2D eigenvalue weighted by Crippen LogP contribution is 2.34. The van der Waals surface area contributed by atoms with Gasteiger partial charge < -0.3 is 9.47 Å². The molecule has 0 bridgehead atoms. The molecule has 4 rings (SSSR count). The number of fused-ring (bicyclic) bond motifs is 2. The van der Waals surface area contributed by atoms with Crippen molar-refractivity contribution in [2.24, 2.45) is 0 Å². The summed E-state index contributed by atoms with van der Waals surface area (Å²) in [6.45, 7) is 7.45. The molecule has 3 aliphatic rings. The van der Waals surface area contributed by atoms with Crippen molar-refractivity contribution >= 4 is 0 Å². The van der Waals surface area contributed by atoms with Gasteiger partial charge in [0.15, 0.2) is 11.5 Å². The van der Waals surface area contributed by atoms with Crippen LogP contribution in [0.4, 0.5) is 0 Å². The zero-order chi connectivity index (χ0) is 13.5. The molecule has 0 aromatic heterocycles. The van der Waals surface area contributed by atoms with E-state index in [1.807, 2.05) is 6.07 Å². The molecule has 1 aromatic carbocycles. The van der Waals surface area contributed by atoms with E-state index >= 15 is 0 Å². The molecule has 1 aromatic rings. The van der Waals surface area contributed by atoms with Gasteiger partial charge in [0.05, 0.1) is 0 Å². The molecule has 0 spiro atoms. The fraction of sp³-hybridized carbons (Fsp3) is 0.625. The van der Waals surface area contributed by atoms with Crippen LogP contribution in [0, 0.1) is 0 Å². The van der Waals surface area contributed by atoms with Crippen molar-refractivity contribution in [2.75, 3.05) is 26.4 Å². The number of piperazine rings is 1. The van der Waals surface area contributed by atoms with E-state index in [9.17, 15) is 0 Å². The Labute approximate surface area is 120 Å². The number of nitrogens with zero attached hydrogens (tertiary/aromatic N) is 2. The van der Waals surface area contributed by atoms with Gasteiger partial charge in [-0.3, -0.25) is 9.80 Å². The van der Waals surface area contributed by atoms with E-state index in [-0.39, 0.29) is 0 Å². The predicted molar refractivity (Wildman–Crippen MR) is 77.0 cm³/mol. The Balaban J connectivity index is 1.48. The van der Waals surface area contributed by atoms with Crippen LogP contribution in [0.25, 0.3) is 0 Å². The van der Waals surface area contributed by atoms with Gasteiger partial charge in [-0.1, -0.05) is 6.07 Å². The monoisotopic (exact) mass is 274 g/mol. The molecule has 2 saturated heterocycles. The molecule has 0 unspecified atom stereocenters. The van der Waals surface area contributed by atoms with E-state index in [4.69, 9.17) is 9.47 Å². The summed E-state index contributed by atoms with van der Waals surface area (Å²) in [5, 5.41) is 0. The molecular weight excluding hydrogens is 252 g/mol. The third-order valence-electron chi connectivity index (χ3n) is 5.04. The Morgan fingerprint density at radius 2 is 2.05 bits per heavy atom. The average Bonchev–Trinajstić information content (AvgIpc) is 3.10. The first-order valence-electron chi connectivity index (χ1n) is 7.68. The average molecular weight is 274 g/mol. The second-order valence-corrected chi connectivity index (χ2v) is 6.14. The van der Waals surface area contributed by atoms with Crippen LogP contribution in [0.15, 0.2) is 18.2 Å². The third kappa shape index (κ3) is 2.07. The van der Waals surface area contributed by atoms with Gasteiger partial charge in [-0.2, -0.15) is 0 Å². The van der Waals surface area contributed by atoms with Gasteiger partial charge in [0.2, 0.25) is 6.79 Å². The molecule has 0 amide bonds. The summed E-state index contributed by atoms with van der Waals surface area (Å²) < 4.78 is 10.9. The van der Waals surface area contributed by atoms with Crippen LogP contribution < -0.4 is 9.47 Å². The van der Waals surface area contributed by atoms with Gasteiger partial charge in [0.1, 0.15) is 0 Å². The van der Waals surface area contributed by atoms with E-state index < -0.39 is 0 Å². The molecule has 4 heteroatoms. The topological polar surface area (TPSA) is 24.9 Å². The Morgan fingerprint density at radius 3 is 3.00 bits per heavy atom. The first-order valence-corrected chi connectivity index (χ1v) is 7.68. The highest BCUT2D eigenvalue weighted by molar-refractivity contribution is 5.44. The number of ether oxygens (including phenoxy) is 2. The summed E-state index contributed by atoms with van der Waals surface area (Å²) >= 11 is 0. The maximum absolute atomic E-state index is 5.48. The lowest BCUT2D eigenvalue weighted by atomic mass is 10.0. The van der Waals surface area contributed by atoms with Crippen LogP contribution in [-0.2, 0) is 6.54 Å². The fourth-order valence-corrected chi connectivity index (χ4v) is 3.88. The zero-order valence-corrected chi connectivity index (χ0v) is 12.0. The molecule has 0 aliphatic carbocycles. The van der Waals surface area contributed by atoms with Crippen molar-refractivity contribution in [2.45, 2.75) is 38.4 Å². The van der Waals surface area contributed by atoms with Crippen molar-refractivity contribution in [3.8, 4) is 11.5 Å². The van der Waals surface area contributed by atoms with Gasteiger partial charge in [0.25, 0.3) is 0 Å². The van der Waals surface area contributed by atoms with Crippen molar-refractivity contribution in [1.29, 1.82) is 0 Å². The van der Waals surface area contributed by atoms with Crippen LogP contribution in [-0.4, -0.2) is 48.3 Å². The molecule has 3 aliphatic heterocycles. The summed E-state index contributed by atoms with van der Waals surface area (Å²) in [4.78, 5) is 5.28. The molecule has 4 nitrogen and oxygen atoms in total. The zero-order valence-electron chi connectivity index (χ0n) is 12.0. The fourth-order valence-electron chi connectivity index (χ4n) is 3.88. The maximum atomic E-state index is 5.48. The summed E-state index contributed by atoms with van der Waals surface area (Å²) in [5.74, 6) is 1.78. The van der Waals surface area contributed by atoms with Crippen LogP contribution in [0.5, 0.6) is 11.5 Å². The molecule has 0 N–H and O–H groups in total. The van der Waals surface area contributed by atoms with Crippen molar-refractivity contribution in [3.05, 3.63) is 23.8 Å². The summed E-state index contributed by atoms with van der Waals surface area (Å²) in [6.07, 6.45) is 2.73. The molecule has 2 fully saturated rings. The highest BCUT2D eigenvalue weighted by Gasteiger charge is 2.36. The molecule has 0 radical (unpaired) electrons. The molecule has 3 heterocycles. The van der Waals surface area contributed by atoms with Gasteiger partial charge in [-0.05, 0) is 44.0 Å². The quantitative estimate of drug-likeness (QED) is 0.824. The minimum atomic E-state index is 0.357. The van der Waals surface area contributed by atoms with Gasteiger partial charge in [0, 0.05) is 31.7 Å². The van der Waals surface area contributed by atoms with Crippen LogP contribution in [0.1, 0.15) is 25.3 Å². The standard InChI is InChI=1S/C16H22N2O2/c1-12-14-3-2-6-17(14)7-8-18(12)10-13-4-5-15-16(9-13)20-11-19-15/h4-5,9,12,14H,2-3,6-8,10-11H2,1H3/t12-,14-/m0/s1. The molecule has 108 valence electrons.